The van der Waals surface area contributed by atoms with Crippen LogP contribution in [-0.4, -0.2) is 41.6 Å². The van der Waals surface area contributed by atoms with Crippen LogP contribution in [0.1, 0.15) is 64.0 Å². The minimum absolute atomic E-state index is 0.0281. The van der Waals surface area contributed by atoms with Gasteiger partial charge in [-0.25, -0.2) is 4.98 Å². The molecule has 1 aliphatic heterocycles. The summed E-state index contributed by atoms with van der Waals surface area (Å²) in [6.45, 7) is 3.70. The molecule has 2 unspecified atom stereocenters. The van der Waals surface area contributed by atoms with Gasteiger partial charge in [0.15, 0.2) is 5.13 Å². The van der Waals surface area contributed by atoms with Gasteiger partial charge in [0.05, 0.1) is 5.69 Å². The average molecular weight is 468 g/mol. The third-order valence-electron chi connectivity index (χ3n) is 9.45. The van der Waals surface area contributed by atoms with Crippen LogP contribution in [0.2, 0.25) is 0 Å². The summed E-state index contributed by atoms with van der Waals surface area (Å²) < 4.78 is 37.7. The summed E-state index contributed by atoms with van der Waals surface area (Å²) in [7, 11) is 1.94. The third-order valence-corrected chi connectivity index (χ3v) is 10.3. The van der Waals surface area contributed by atoms with Gasteiger partial charge in [0, 0.05) is 29.8 Å². The first-order valence-corrected chi connectivity index (χ1v) is 12.6. The normalized spacial score (nSPS) is 41.2. The number of rotatable bonds is 3. The highest BCUT2D eigenvalue weighted by molar-refractivity contribution is 7.13. The van der Waals surface area contributed by atoms with Crippen molar-refractivity contribution < 1.29 is 18.0 Å². The van der Waals surface area contributed by atoms with Gasteiger partial charge in [-0.3, -0.25) is 4.79 Å². The van der Waals surface area contributed by atoms with Gasteiger partial charge in [0.25, 0.3) is 0 Å². The number of nitrogens with one attached hydrogen (secondary N) is 1. The van der Waals surface area contributed by atoms with E-state index in [2.05, 4.69) is 30.2 Å². The Morgan fingerprint density at radius 1 is 1.19 bits per heavy atom. The first-order chi connectivity index (χ1) is 15.0. The van der Waals surface area contributed by atoms with Crippen molar-refractivity contribution in [3.63, 3.8) is 0 Å². The topological polar surface area (TPSA) is 45.2 Å². The predicted molar refractivity (Wildman–Crippen MR) is 119 cm³/mol. The first kappa shape index (κ1) is 22.2. The van der Waals surface area contributed by atoms with E-state index in [9.17, 15) is 18.0 Å². The van der Waals surface area contributed by atoms with E-state index in [0.717, 1.165) is 44.2 Å². The molecule has 4 nitrogen and oxygen atoms in total. The van der Waals surface area contributed by atoms with E-state index in [-0.39, 0.29) is 22.8 Å². The Labute approximate surface area is 191 Å². The molecule has 1 aromatic heterocycles. The molecule has 1 N–H and O–H groups in total. The zero-order chi connectivity index (χ0) is 22.9. The molecule has 1 amide bonds. The summed E-state index contributed by atoms with van der Waals surface area (Å²) in [5, 5.41) is 4.78. The van der Waals surface area contributed by atoms with Gasteiger partial charge < -0.3 is 10.2 Å². The summed E-state index contributed by atoms with van der Waals surface area (Å²) in [5.74, 6) is 2.24. The summed E-state index contributed by atoms with van der Waals surface area (Å²) in [4.78, 5) is 18.8. The molecule has 0 saturated heterocycles. The lowest BCUT2D eigenvalue weighted by atomic mass is 9.47. The number of alkyl halides is 3. The van der Waals surface area contributed by atoms with Crippen LogP contribution in [-0.2, 0) is 4.79 Å². The second-order valence-corrected chi connectivity index (χ2v) is 11.7. The molecular formula is C24H32F3N3OS. The monoisotopic (exact) mass is 467 g/mol. The first-order valence-electron chi connectivity index (χ1n) is 11.7. The molecule has 8 heteroatoms. The zero-order valence-electron chi connectivity index (χ0n) is 18.9. The van der Waals surface area contributed by atoms with Crippen LogP contribution >= 0.6 is 11.3 Å². The van der Waals surface area contributed by atoms with Crippen molar-refractivity contribution in [2.24, 2.45) is 28.6 Å². The van der Waals surface area contributed by atoms with Gasteiger partial charge in [-0.1, -0.05) is 19.9 Å². The summed E-state index contributed by atoms with van der Waals surface area (Å²) in [5.41, 5.74) is 1.13. The van der Waals surface area contributed by atoms with Gasteiger partial charge in [-0.15, -0.1) is 11.3 Å². The molecule has 7 atom stereocenters. The molecule has 32 heavy (non-hydrogen) atoms. The quantitative estimate of drug-likeness (QED) is 0.607. The average Bonchev–Trinajstić information content (AvgIpc) is 3.32. The number of carbonyl (C=O) groups is 1. The maximum atomic E-state index is 12.6. The second kappa shape index (κ2) is 7.47. The van der Waals surface area contributed by atoms with Gasteiger partial charge in [-0.2, -0.15) is 13.2 Å². The molecule has 0 spiro atoms. The number of carbonyl (C=O) groups excluding carboxylic acids is 1. The fourth-order valence-electron chi connectivity index (χ4n) is 7.93. The molecule has 5 rings (SSSR count). The maximum absolute atomic E-state index is 12.6. The summed E-state index contributed by atoms with van der Waals surface area (Å²) in [6, 6.07) is 0.281. The Morgan fingerprint density at radius 3 is 2.72 bits per heavy atom. The van der Waals surface area contributed by atoms with Crippen LogP contribution in [0.5, 0.6) is 0 Å². The molecule has 176 valence electrons. The highest BCUT2D eigenvalue weighted by Gasteiger charge is 2.60. The van der Waals surface area contributed by atoms with E-state index in [0.29, 0.717) is 28.8 Å². The molecule has 0 aromatic carbocycles. The fraction of sp³-hybridized carbons (Fsp3) is 0.750. The number of nitrogens with zero attached hydrogens (tertiary/aromatic N) is 2. The number of fused-ring (bicyclic) bond motifs is 5. The van der Waals surface area contributed by atoms with Crippen molar-refractivity contribution in [1.82, 2.24) is 9.88 Å². The molecule has 1 aromatic rings. The van der Waals surface area contributed by atoms with Crippen LogP contribution in [0, 0.1) is 28.6 Å². The lowest BCUT2D eigenvalue weighted by Crippen LogP contribution is -2.59. The standard InChI is InChI=1S/C24H32F3N3OS/c1-22-10-8-16-14(4-7-19-23(16,2)11-9-20(31)30(19)3)15(22)5-6-17(22)18-12-32-21(29-18)28-13-24(25,26)27/h9,11-12,14-17,19H,4-8,10,13H2,1-3H3,(H,28,29)/t14-,15-,16+,17?,19?,22-,23+/m0/s1. The van der Waals surface area contributed by atoms with E-state index in [4.69, 9.17) is 0 Å². The molecule has 0 bridgehead atoms. The number of aromatic nitrogens is 1. The molecule has 3 fully saturated rings. The number of hydrogen-bond donors (Lipinski definition) is 1. The molecule has 3 saturated carbocycles. The highest BCUT2D eigenvalue weighted by Crippen LogP contribution is 2.67. The maximum Gasteiger partial charge on any atom is 0.405 e. The second-order valence-electron chi connectivity index (χ2n) is 10.8. The Balaban J connectivity index is 1.36. The number of halogens is 3. The molecule has 4 aliphatic rings. The Bertz CT molecular complexity index is 930. The van der Waals surface area contributed by atoms with Crippen molar-refractivity contribution >= 4 is 22.4 Å². The number of thiazole rings is 1. The Hall–Kier alpha value is -1.57. The molecule has 3 aliphatic carbocycles. The van der Waals surface area contributed by atoms with Crippen LogP contribution in [0.15, 0.2) is 17.5 Å². The van der Waals surface area contributed by atoms with Gasteiger partial charge >= 0.3 is 6.18 Å². The van der Waals surface area contributed by atoms with E-state index in [1.807, 2.05) is 17.3 Å². The minimum Gasteiger partial charge on any atom is -0.352 e. The Morgan fingerprint density at radius 2 is 1.97 bits per heavy atom. The third kappa shape index (κ3) is 3.39. The number of amides is 1. The van der Waals surface area contributed by atoms with Gasteiger partial charge in [0.1, 0.15) is 6.54 Å². The van der Waals surface area contributed by atoms with Gasteiger partial charge in [0.2, 0.25) is 5.91 Å². The Kier molecular flexibility index (Phi) is 5.19. The number of hydrogen-bond acceptors (Lipinski definition) is 4. The lowest BCUT2D eigenvalue weighted by molar-refractivity contribution is -0.138. The van der Waals surface area contributed by atoms with Crippen LogP contribution in [0.25, 0.3) is 0 Å². The fourth-order valence-corrected chi connectivity index (χ4v) is 8.69. The predicted octanol–water partition coefficient (Wildman–Crippen LogP) is 5.84. The van der Waals surface area contributed by atoms with Crippen molar-refractivity contribution in [1.29, 1.82) is 0 Å². The van der Waals surface area contributed by atoms with E-state index >= 15 is 0 Å². The SMILES string of the molecule is CN1C(=O)C=C[C@@]2(C)C1CC[C@@H]1[C@H]2CC[C@]2(C)C(c3csc(NCC(F)(F)F)n3)CC[C@@H]12. The van der Waals surface area contributed by atoms with E-state index < -0.39 is 12.7 Å². The molecule has 0 radical (unpaired) electrons. The highest BCUT2D eigenvalue weighted by atomic mass is 32.1. The van der Waals surface area contributed by atoms with E-state index in [1.165, 1.54) is 11.3 Å². The number of anilines is 1. The molecule has 2 heterocycles. The van der Waals surface area contributed by atoms with Crippen molar-refractivity contribution in [2.75, 3.05) is 18.9 Å². The van der Waals surface area contributed by atoms with Crippen molar-refractivity contribution in [3.8, 4) is 0 Å². The minimum atomic E-state index is -4.24. The molecular weight excluding hydrogens is 435 g/mol. The van der Waals surface area contributed by atoms with Crippen LogP contribution in [0.4, 0.5) is 18.3 Å². The summed E-state index contributed by atoms with van der Waals surface area (Å²) >= 11 is 1.28. The largest absolute Gasteiger partial charge is 0.405 e. The number of likely N-dealkylation sites (N-methyl/N-ethyl adjacent to an activating group) is 1. The van der Waals surface area contributed by atoms with Crippen LogP contribution in [0.3, 0.4) is 0 Å². The van der Waals surface area contributed by atoms with Crippen LogP contribution < -0.4 is 5.32 Å². The van der Waals surface area contributed by atoms with Crippen molar-refractivity contribution in [2.45, 2.75) is 70.5 Å². The summed E-state index contributed by atoms with van der Waals surface area (Å²) in [6.07, 6.45) is 6.39. The zero-order valence-corrected chi connectivity index (χ0v) is 19.7. The lowest BCUT2D eigenvalue weighted by Gasteiger charge is -2.60. The van der Waals surface area contributed by atoms with E-state index in [1.54, 1.807) is 6.08 Å². The van der Waals surface area contributed by atoms with Gasteiger partial charge in [-0.05, 0) is 67.8 Å². The smallest absolute Gasteiger partial charge is 0.352 e. The van der Waals surface area contributed by atoms with Crippen molar-refractivity contribution in [3.05, 3.63) is 23.2 Å².